The highest BCUT2D eigenvalue weighted by atomic mass is 32.2. The first-order chi connectivity index (χ1) is 8.78. The maximum absolute atomic E-state index is 11.8. The summed E-state index contributed by atoms with van der Waals surface area (Å²) in [6.45, 7) is 7.30. The predicted octanol–water partition coefficient (Wildman–Crippen LogP) is 2.43. The van der Waals surface area contributed by atoms with E-state index >= 15 is 0 Å². The molecule has 0 bridgehead atoms. The molecule has 2 rings (SSSR count). The van der Waals surface area contributed by atoms with Crippen LogP contribution < -0.4 is 5.32 Å². The molecule has 0 aromatic heterocycles. The largest absolute Gasteiger partial charge is 0.309 e. The first kappa shape index (κ1) is 14.5. The molecule has 1 atom stereocenters. The van der Waals surface area contributed by atoms with Gasteiger partial charge in [0.25, 0.3) is 0 Å². The molecule has 4 heteroatoms. The fourth-order valence-corrected chi connectivity index (χ4v) is 3.96. The van der Waals surface area contributed by atoms with Crippen molar-refractivity contribution in [1.29, 1.82) is 0 Å². The van der Waals surface area contributed by atoms with E-state index in [2.05, 4.69) is 50.4 Å². The third-order valence-corrected chi connectivity index (χ3v) is 5.37. The minimum Gasteiger partial charge on any atom is -0.309 e. The Bertz CT molecular complexity index is 526. The van der Waals surface area contributed by atoms with Crippen molar-refractivity contribution in [2.24, 2.45) is 0 Å². The van der Waals surface area contributed by atoms with Gasteiger partial charge in [-0.1, -0.05) is 45.0 Å². The monoisotopic (exact) mass is 281 g/mol. The summed E-state index contributed by atoms with van der Waals surface area (Å²) in [5.41, 5.74) is 2.47. The van der Waals surface area contributed by atoms with Crippen LogP contribution >= 0.6 is 0 Å². The second kappa shape index (κ2) is 5.25. The Labute approximate surface area is 116 Å². The maximum atomic E-state index is 11.8. The number of hydrogen-bond acceptors (Lipinski definition) is 3. The molecule has 1 unspecified atom stereocenters. The molecule has 1 N–H and O–H groups in total. The third kappa shape index (κ3) is 3.80. The molecule has 1 saturated heterocycles. The molecule has 1 aliphatic rings. The second-order valence-corrected chi connectivity index (χ2v) is 8.58. The van der Waals surface area contributed by atoms with Crippen molar-refractivity contribution in [1.82, 2.24) is 5.32 Å². The lowest BCUT2D eigenvalue weighted by Crippen LogP contribution is -2.25. The minimum atomic E-state index is -2.92. The summed E-state index contributed by atoms with van der Waals surface area (Å²) >= 11 is 0. The lowest BCUT2D eigenvalue weighted by atomic mass is 9.86. The maximum Gasteiger partial charge on any atom is 0.152 e. The van der Waals surface area contributed by atoms with Crippen molar-refractivity contribution in [3.05, 3.63) is 35.4 Å². The Kier molecular flexibility index (Phi) is 4.02. The zero-order valence-electron chi connectivity index (χ0n) is 11.9. The Morgan fingerprint density at radius 1 is 1.16 bits per heavy atom. The number of hydrogen-bond donors (Lipinski definition) is 1. The van der Waals surface area contributed by atoms with Gasteiger partial charge in [-0.15, -0.1) is 0 Å². The molecule has 106 valence electrons. The van der Waals surface area contributed by atoms with E-state index in [1.54, 1.807) is 0 Å². The quantitative estimate of drug-likeness (QED) is 0.860. The van der Waals surface area contributed by atoms with E-state index in [9.17, 15) is 8.42 Å². The average molecular weight is 281 g/mol. The lowest BCUT2D eigenvalue weighted by molar-refractivity contribution is 0.568. The molecule has 0 spiro atoms. The third-order valence-electron chi connectivity index (χ3n) is 3.62. The van der Waals surface area contributed by atoms with Crippen LogP contribution in [-0.4, -0.2) is 26.5 Å². The van der Waals surface area contributed by atoms with Crippen molar-refractivity contribution in [3.8, 4) is 0 Å². The summed E-state index contributed by atoms with van der Waals surface area (Å²) in [5.74, 6) is 0.512. The summed E-state index contributed by atoms with van der Waals surface area (Å²) in [6.07, 6.45) is 0.707. The van der Waals surface area contributed by atoms with Crippen molar-refractivity contribution >= 4 is 9.84 Å². The number of rotatable bonds is 1. The van der Waals surface area contributed by atoms with Gasteiger partial charge in [0.1, 0.15) is 0 Å². The zero-order chi connectivity index (χ0) is 14.1. The van der Waals surface area contributed by atoms with E-state index in [1.165, 1.54) is 5.56 Å². The van der Waals surface area contributed by atoms with Gasteiger partial charge in [-0.3, -0.25) is 0 Å². The normalized spacial score (nSPS) is 23.8. The number of nitrogens with one attached hydrogen (secondary N) is 1. The van der Waals surface area contributed by atoms with Gasteiger partial charge in [-0.2, -0.15) is 0 Å². The van der Waals surface area contributed by atoms with E-state index in [0.29, 0.717) is 12.2 Å². The van der Waals surface area contributed by atoms with E-state index < -0.39 is 9.84 Å². The minimum absolute atomic E-state index is 0.0680. The lowest BCUT2D eigenvalue weighted by Gasteiger charge is -2.21. The molecular weight excluding hydrogens is 258 g/mol. The van der Waals surface area contributed by atoms with Gasteiger partial charge < -0.3 is 5.32 Å². The van der Waals surface area contributed by atoms with Crippen molar-refractivity contribution in [2.45, 2.75) is 38.6 Å². The first-order valence-electron chi connectivity index (χ1n) is 6.82. The second-order valence-electron chi connectivity index (χ2n) is 6.35. The van der Waals surface area contributed by atoms with Crippen LogP contribution in [0, 0.1) is 0 Å². The molecule has 1 fully saturated rings. The van der Waals surface area contributed by atoms with Crippen LogP contribution in [-0.2, 0) is 15.3 Å². The Hall–Kier alpha value is -0.870. The average Bonchev–Trinajstić information content (AvgIpc) is 2.49. The molecule has 0 radical (unpaired) electrons. The molecule has 0 saturated carbocycles. The fourth-order valence-electron chi connectivity index (χ4n) is 2.39. The number of sulfone groups is 1. The van der Waals surface area contributed by atoms with Gasteiger partial charge in [-0.05, 0) is 29.5 Å². The SMILES string of the molecule is CC(C)(C)c1ccc(C2CS(=O)(=O)CCCN2)cc1. The van der Waals surface area contributed by atoms with Gasteiger partial charge in [0.05, 0.1) is 11.5 Å². The van der Waals surface area contributed by atoms with Crippen LogP contribution in [0.25, 0.3) is 0 Å². The molecular formula is C15H23NO2S. The van der Waals surface area contributed by atoms with Crippen molar-refractivity contribution < 1.29 is 8.42 Å². The molecule has 0 amide bonds. The molecule has 1 aromatic rings. The summed E-state index contributed by atoms with van der Waals surface area (Å²) in [7, 11) is -2.92. The molecule has 0 aliphatic carbocycles. The van der Waals surface area contributed by atoms with Crippen LogP contribution in [0.15, 0.2) is 24.3 Å². The Morgan fingerprint density at radius 3 is 2.37 bits per heavy atom. The highest BCUT2D eigenvalue weighted by Gasteiger charge is 2.24. The highest BCUT2D eigenvalue weighted by Crippen LogP contribution is 2.25. The summed E-state index contributed by atoms with van der Waals surface area (Å²) in [6, 6.07) is 8.25. The van der Waals surface area contributed by atoms with Gasteiger partial charge in [-0.25, -0.2) is 8.42 Å². The topological polar surface area (TPSA) is 46.2 Å². The molecule has 1 aromatic carbocycles. The van der Waals surface area contributed by atoms with Crippen LogP contribution in [0.2, 0.25) is 0 Å². The molecule has 3 nitrogen and oxygen atoms in total. The van der Waals surface area contributed by atoms with Crippen LogP contribution in [0.4, 0.5) is 0 Å². The summed E-state index contributed by atoms with van der Waals surface area (Å²) < 4.78 is 23.7. The van der Waals surface area contributed by atoms with Gasteiger partial charge in [0.15, 0.2) is 9.84 Å². The van der Waals surface area contributed by atoms with Crippen LogP contribution in [0.5, 0.6) is 0 Å². The van der Waals surface area contributed by atoms with E-state index in [4.69, 9.17) is 0 Å². The van der Waals surface area contributed by atoms with Crippen molar-refractivity contribution in [3.63, 3.8) is 0 Å². The smallest absolute Gasteiger partial charge is 0.152 e. The summed E-state index contributed by atoms with van der Waals surface area (Å²) in [4.78, 5) is 0. The number of benzene rings is 1. The van der Waals surface area contributed by atoms with E-state index in [1.807, 2.05) is 0 Å². The standard InChI is InChI=1S/C15H23NO2S/c1-15(2,3)13-7-5-12(6-8-13)14-11-19(17,18)10-4-9-16-14/h5-8,14,16H,4,9-11H2,1-3H3. The van der Waals surface area contributed by atoms with Gasteiger partial charge >= 0.3 is 0 Å². The van der Waals surface area contributed by atoms with Crippen LogP contribution in [0.3, 0.4) is 0 Å². The van der Waals surface area contributed by atoms with Crippen LogP contribution in [0.1, 0.15) is 44.4 Å². The highest BCUT2D eigenvalue weighted by molar-refractivity contribution is 7.91. The molecule has 19 heavy (non-hydrogen) atoms. The van der Waals surface area contributed by atoms with Crippen molar-refractivity contribution in [2.75, 3.05) is 18.1 Å². The first-order valence-corrected chi connectivity index (χ1v) is 8.64. The van der Waals surface area contributed by atoms with Gasteiger partial charge in [0.2, 0.25) is 0 Å². The molecule has 1 aliphatic heterocycles. The zero-order valence-corrected chi connectivity index (χ0v) is 12.8. The fraction of sp³-hybridized carbons (Fsp3) is 0.600. The predicted molar refractivity (Wildman–Crippen MR) is 79.2 cm³/mol. The van der Waals surface area contributed by atoms with Gasteiger partial charge in [0, 0.05) is 6.04 Å². The summed E-state index contributed by atoms with van der Waals surface area (Å²) in [5, 5.41) is 3.33. The van der Waals surface area contributed by atoms with E-state index in [-0.39, 0.29) is 17.2 Å². The Morgan fingerprint density at radius 2 is 1.79 bits per heavy atom. The van der Waals surface area contributed by atoms with E-state index in [0.717, 1.165) is 12.1 Å². The molecule has 1 heterocycles. The Balaban J connectivity index is 2.22.